The standard InChI is InChI=1S/C10H12Cl2N2S/c1-6(10(13)15)5-14-9-4-7(11)2-3-8(9)12/h2-4,6,14H,5H2,1H3,(H2,13,15). The molecule has 1 aromatic carbocycles. The van der Waals surface area contributed by atoms with Gasteiger partial charge in [0.2, 0.25) is 0 Å². The maximum atomic E-state index is 5.97. The smallest absolute Gasteiger partial charge is 0.0773 e. The van der Waals surface area contributed by atoms with Gasteiger partial charge >= 0.3 is 0 Å². The molecule has 5 heteroatoms. The number of anilines is 1. The van der Waals surface area contributed by atoms with Crippen LogP contribution < -0.4 is 11.1 Å². The van der Waals surface area contributed by atoms with Gasteiger partial charge in [-0.2, -0.15) is 0 Å². The lowest BCUT2D eigenvalue weighted by molar-refractivity contribution is 0.821. The average molecular weight is 263 g/mol. The molecule has 0 aliphatic carbocycles. The van der Waals surface area contributed by atoms with Crippen LogP contribution in [-0.4, -0.2) is 11.5 Å². The van der Waals surface area contributed by atoms with Gasteiger partial charge in [0.15, 0.2) is 0 Å². The number of nitrogens with one attached hydrogen (secondary N) is 1. The first kappa shape index (κ1) is 12.6. The lowest BCUT2D eigenvalue weighted by atomic mass is 10.2. The lowest BCUT2D eigenvalue weighted by Crippen LogP contribution is -2.25. The summed E-state index contributed by atoms with van der Waals surface area (Å²) in [7, 11) is 0. The number of thiocarbonyl (C=S) groups is 1. The molecule has 0 aliphatic rings. The molecule has 0 radical (unpaired) electrons. The van der Waals surface area contributed by atoms with Crippen LogP contribution in [0.2, 0.25) is 10.0 Å². The van der Waals surface area contributed by atoms with E-state index in [0.29, 0.717) is 21.6 Å². The molecule has 0 aliphatic heterocycles. The molecule has 1 aromatic rings. The van der Waals surface area contributed by atoms with Crippen molar-refractivity contribution in [1.82, 2.24) is 0 Å². The summed E-state index contributed by atoms with van der Waals surface area (Å²) in [6.07, 6.45) is 0. The third-order valence-electron chi connectivity index (χ3n) is 2.01. The minimum atomic E-state index is 0.120. The summed E-state index contributed by atoms with van der Waals surface area (Å²) in [6.45, 7) is 2.60. The van der Waals surface area contributed by atoms with Crippen LogP contribution in [0.3, 0.4) is 0 Å². The second kappa shape index (κ2) is 5.54. The summed E-state index contributed by atoms with van der Waals surface area (Å²) in [5, 5.41) is 4.43. The van der Waals surface area contributed by atoms with Gasteiger partial charge in [-0.15, -0.1) is 0 Å². The second-order valence-electron chi connectivity index (χ2n) is 3.31. The normalized spacial score (nSPS) is 12.2. The Kier molecular flexibility index (Phi) is 4.64. The molecule has 15 heavy (non-hydrogen) atoms. The summed E-state index contributed by atoms with van der Waals surface area (Å²) in [5.74, 6) is 0.120. The van der Waals surface area contributed by atoms with E-state index in [1.165, 1.54) is 0 Å². The van der Waals surface area contributed by atoms with Crippen molar-refractivity contribution in [2.24, 2.45) is 11.7 Å². The van der Waals surface area contributed by atoms with Crippen molar-refractivity contribution in [1.29, 1.82) is 0 Å². The van der Waals surface area contributed by atoms with E-state index in [2.05, 4.69) is 5.32 Å². The first-order chi connectivity index (χ1) is 7.00. The summed E-state index contributed by atoms with van der Waals surface area (Å²) in [5.41, 5.74) is 6.30. The highest BCUT2D eigenvalue weighted by molar-refractivity contribution is 7.80. The predicted octanol–water partition coefficient (Wildman–Crippen LogP) is 3.33. The highest BCUT2D eigenvalue weighted by Crippen LogP contribution is 2.25. The maximum absolute atomic E-state index is 5.97. The Balaban J connectivity index is 2.65. The van der Waals surface area contributed by atoms with E-state index in [-0.39, 0.29) is 5.92 Å². The highest BCUT2D eigenvalue weighted by atomic mass is 35.5. The molecule has 0 saturated carbocycles. The van der Waals surface area contributed by atoms with E-state index in [1.807, 2.05) is 6.92 Å². The molecule has 0 spiro atoms. The fourth-order valence-corrected chi connectivity index (χ4v) is 1.44. The van der Waals surface area contributed by atoms with Crippen LogP contribution in [0.1, 0.15) is 6.92 Å². The third kappa shape index (κ3) is 3.86. The zero-order valence-electron chi connectivity index (χ0n) is 8.26. The van der Waals surface area contributed by atoms with E-state index in [9.17, 15) is 0 Å². The second-order valence-corrected chi connectivity index (χ2v) is 4.62. The minimum Gasteiger partial charge on any atom is -0.393 e. The Hall–Kier alpha value is -0.510. The highest BCUT2D eigenvalue weighted by Gasteiger charge is 2.06. The molecule has 3 N–H and O–H groups in total. The van der Waals surface area contributed by atoms with E-state index in [4.69, 9.17) is 41.2 Å². The van der Waals surface area contributed by atoms with Gasteiger partial charge in [0.1, 0.15) is 0 Å². The van der Waals surface area contributed by atoms with Gasteiger partial charge in [0, 0.05) is 17.5 Å². The predicted molar refractivity (Wildman–Crippen MR) is 70.9 cm³/mol. The van der Waals surface area contributed by atoms with Crippen molar-refractivity contribution in [2.75, 3.05) is 11.9 Å². The maximum Gasteiger partial charge on any atom is 0.0773 e. The van der Waals surface area contributed by atoms with Gasteiger partial charge < -0.3 is 11.1 Å². The van der Waals surface area contributed by atoms with E-state index in [0.717, 1.165) is 5.69 Å². The van der Waals surface area contributed by atoms with Gasteiger partial charge in [-0.3, -0.25) is 0 Å². The Morgan fingerprint density at radius 1 is 1.53 bits per heavy atom. The molecule has 0 saturated heterocycles. The Morgan fingerprint density at radius 3 is 2.80 bits per heavy atom. The van der Waals surface area contributed by atoms with Gasteiger partial charge in [0.25, 0.3) is 0 Å². The molecular formula is C10H12Cl2N2S. The molecule has 1 rings (SSSR count). The molecule has 0 heterocycles. The van der Waals surface area contributed by atoms with Crippen LogP contribution in [0.5, 0.6) is 0 Å². The lowest BCUT2D eigenvalue weighted by Gasteiger charge is -2.13. The molecule has 1 unspecified atom stereocenters. The monoisotopic (exact) mass is 262 g/mol. The van der Waals surface area contributed by atoms with E-state index >= 15 is 0 Å². The quantitative estimate of drug-likeness (QED) is 0.818. The zero-order chi connectivity index (χ0) is 11.4. The van der Waals surface area contributed by atoms with Crippen LogP contribution in [-0.2, 0) is 0 Å². The molecule has 2 nitrogen and oxygen atoms in total. The fourth-order valence-electron chi connectivity index (χ4n) is 0.997. The van der Waals surface area contributed by atoms with Crippen LogP contribution >= 0.6 is 35.4 Å². The number of benzene rings is 1. The Labute approximate surface area is 105 Å². The van der Waals surface area contributed by atoms with E-state index < -0.39 is 0 Å². The van der Waals surface area contributed by atoms with Crippen LogP contribution in [0.25, 0.3) is 0 Å². The van der Waals surface area contributed by atoms with Crippen molar-refractivity contribution in [3.8, 4) is 0 Å². The van der Waals surface area contributed by atoms with Crippen LogP contribution in [0.15, 0.2) is 18.2 Å². The van der Waals surface area contributed by atoms with Crippen molar-refractivity contribution in [3.05, 3.63) is 28.2 Å². The summed E-state index contributed by atoms with van der Waals surface area (Å²) in [6, 6.07) is 5.26. The molecule has 0 fully saturated rings. The summed E-state index contributed by atoms with van der Waals surface area (Å²) in [4.78, 5) is 0.487. The molecule has 0 aromatic heterocycles. The number of halogens is 2. The largest absolute Gasteiger partial charge is 0.393 e. The first-order valence-electron chi connectivity index (χ1n) is 4.49. The number of hydrogen-bond acceptors (Lipinski definition) is 2. The van der Waals surface area contributed by atoms with Gasteiger partial charge in [0.05, 0.1) is 15.7 Å². The topological polar surface area (TPSA) is 38.0 Å². The molecule has 0 amide bonds. The summed E-state index contributed by atoms with van der Waals surface area (Å²) < 4.78 is 0. The molecular weight excluding hydrogens is 251 g/mol. The van der Waals surface area contributed by atoms with E-state index in [1.54, 1.807) is 18.2 Å². The Morgan fingerprint density at radius 2 is 2.20 bits per heavy atom. The van der Waals surface area contributed by atoms with Crippen molar-refractivity contribution >= 4 is 46.1 Å². The molecule has 1 atom stereocenters. The molecule has 82 valence electrons. The Bertz CT molecular complexity index is 368. The molecule has 0 bridgehead atoms. The average Bonchev–Trinajstić information content (AvgIpc) is 2.18. The van der Waals surface area contributed by atoms with Crippen molar-refractivity contribution in [3.63, 3.8) is 0 Å². The van der Waals surface area contributed by atoms with Gasteiger partial charge in [-0.05, 0) is 18.2 Å². The number of rotatable bonds is 4. The van der Waals surface area contributed by atoms with Crippen molar-refractivity contribution in [2.45, 2.75) is 6.92 Å². The van der Waals surface area contributed by atoms with Gasteiger partial charge in [-0.1, -0.05) is 42.3 Å². The minimum absolute atomic E-state index is 0.120. The number of nitrogens with two attached hydrogens (primary N) is 1. The van der Waals surface area contributed by atoms with Crippen LogP contribution in [0, 0.1) is 5.92 Å². The zero-order valence-corrected chi connectivity index (χ0v) is 10.6. The first-order valence-corrected chi connectivity index (χ1v) is 5.65. The SMILES string of the molecule is CC(CNc1cc(Cl)ccc1Cl)C(N)=S. The third-order valence-corrected chi connectivity index (χ3v) is 2.98. The number of hydrogen-bond donors (Lipinski definition) is 2. The van der Waals surface area contributed by atoms with Gasteiger partial charge in [-0.25, -0.2) is 0 Å². The van der Waals surface area contributed by atoms with Crippen LogP contribution in [0.4, 0.5) is 5.69 Å². The summed E-state index contributed by atoms with van der Waals surface area (Å²) >= 11 is 16.7. The van der Waals surface area contributed by atoms with Crippen molar-refractivity contribution < 1.29 is 0 Å². The fraction of sp³-hybridized carbons (Fsp3) is 0.300.